The highest BCUT2D eigenvalue weighted by Gasteiger charge is 2.23. The number of hydrogen-bond acceptors (Lipinski definition) is 2. The minimum absolute atomic E-state index is 0.719. The number of nitrogens with zero attached hydrogens (tertiary/aromatic N) is 1. The lowest BCUT2D eigenvalue weighted by Gasteiger charge is -2.01. The van der Waals surface area contributed by atoms with Crippen LogP contribution in [-0.2, 0) is 0 Å². The number of aliphatic imine (C=N–C) groups is 1. The van der Waals surface area contributed by atoms with E-state index in [2.05, 4.69) is 4.99 Å². The molecule has 0 spiro atoms. The van der Waals surface area contributed by atoms with Crippen molar-refractivity contribution in [3.05, 3.63) is 47.6 Å². The van der Waals surface area contributed by atoms with Gasteiger partial charge in [0.25, 0.3) is 0 Å². The predicted molar refractivity (Wildman–Crippen MR) is 56.0 cm³/mol. The molecule has 66 valence electrons. The van der Waals surface area contributed by atoms with Gasteiger partial charge in [-0.15, -0.1) is 0 Å². The second-order valence-corrected chi connectivity index (χ2v) is 3.30. The number of rotatable bonds is 1. The Morgan fingerprint density at radius 2 is 2.21 bits per heavy atom. The number of carbonyl (C=O) groups excluding carboxylic acids is 1. The van der Waals surface area contributed by atoms with Crippen LogP contribution in [0.1, 0.15) is 15.9 Å². The first-order chi connectivity index (χ1) is 6.90. The monoisotopic (exact) mass is 181 g/mol. The molecule has 1 aliphatic carbocycles. The number of aldehydes is 1. The molecule has 1 heterocycles. The molecule has 0 fully saturated rings. The smallest absolute Gasteiger partial charge is 0.150 e. The number of hydrogen-bond donors (Lipinski definition) is 0. The van der Waals surface area contributed by atoms with Crippen molar-refractivity contribution in [2.24, 2.45) is 4.99 Å². The molecule has 2 aliphatic rings. The van der Waals surface area contributed by atoms with E-state index in [1.54, 1.807) is 0 Å². The minimum atomic E-state index is 0.719. The number of allylic oxidation sites excluding steroid dienone is 4. The van der Waals surface area contributed by atoms with Gasteiger partial charge in [-0.2, -0.15) is 0 Å². The molecule has 1 aliphatic heterocycles. The Morgan fingerprint density at radius 1 is 1.29 bits per heavy atom. The molecule has 0 atom stereocenters. The van der Waals surface area contributed by atoms with Gasteiger partial charge in [0.15, 0.2) is 6.29 Å². The summed E-state index contributed by atoms with van der Waals surface area (Å²) in [6.45, 7) is 0. The largest absolute Gasteiger partial charge is 0.298 e. The summed E-state index contributed by atoms with van der Waals surface area (Å²) in [5.74, 6) is 0. The van der Waals surface area contributed by atoms with Gasteiger partial charge in [-0.05, 0) is 12.1 Å². The van der Waals surface area contributed by atoms with Crippen LogP contribution in [0.2, 0.25) is 0 Å². The van der Waals surface area contributed by atoms with E-state index < -0.39 is 0 Å². The standard InChI is InChI=1S/C12H7NO/c14-7-8-3-1-6-11-12(8)9-4-2-5-10(9)13-11/h1-7H. The molecule has 1 aromatic rings. The molecule has 0 bridgehead atoms. The van der Waals surface area contributed by atoms with Crippen LogP contribution in [0.5, 0.6) is 0 Å². The van der Waals surface area contributed by atoms with Crippen LogP contribution >= 0.6 is 0 Å². The van der Waals surface area contributed by atoms with Gasteiger partial charge in [-0.1, -0.05) is 24.3 Å². The first kappa shape index (κ1) is 7.44. The maximum absolute atomic E-state index is 10.9. The third kappa shape index (κ3) is 0.799. The molecule has 0 saturated carbocycles. The second kappa shape index (κ2) is 2.51. The highest BCUT2D eigenvalue weighted by Crippen LogP contribution is 2.38. The van der Waals surface area contributed by atoms with Crippen molar-refractivity contribution in [1.82, 2.24) is 0 Å². The van der Waals surface area contributed by atoms with E-state index in [9.17, 15) is 4.79 Å². The summed E-state index contributed by atoms with van der Waals surface area (Å²) in [6.07, 6.45) is 6.80. The third-order valence-electron chi connectivity index (χ3n) is 2.50. The van der Waals surface area contributed by atoms with E-state index >= 15 is 0 Å². The maximum atomic E-state index is 10.9. The molecule has 0 radical (unpaired) electrons. The van der Waals surface area contributed by atoms with Crippen molar-refractivity contribution in [2.45, 2.75) is 0 Å². The van der Waals surface area contributed by atoms with Crippen molar-refractivity contribution in [1.29, 1.82) is 0 Å². The summed E-state index contributed by atoms with van der Waals surface area (Å²) < 4.78 is 0. The molecule has 0 unspecified atom stereocenters. The summed E-state index contributed by atoms with van der Waals surface area (Å²) in [5.41, 5.74) is 4.64. The molecular formula is C12H7NO. The SMILES string of the molecule is O=Cc1cccc2c1C1=CC=CC1=N2. The van der Waals surface area contributed by atoms with E-state index in [4.69, 9.17) is 0 Å². The lowest BCUT2D eigenvalue weighted by Crippen LogP contribution is -1.91. The van der Waals surface area contributed by atoms with Crippen LogP contribution in [-0.4, -0.2) is 12.0 Å². The average Bonchev–Trinajstić information content (AvgIpc) is 2.75. The Hall–Kier alpha value is -1.96. The van der Waals surface area contributed by atoms with E-state index in [-0.39, 0.29) is 0 Å². The van der Waals surface area contributed by atoms with Gasteiger partial charge in [0, 0.05) is 16.7 Å². The molecule has 0 saturated heterocycles. The summed E-state index contributed by atoms with van der Waals surface area (Å²) >= 11 is 0. The normalized spacial score (nSPS) is 16.0. The van der Waals surface area contributed by atoms with Crippen molar-refractivity contribution in [3.8, 4) is 0 Å². The highest BCUT2D eigenvalue weighted by atomic mass is 16.1. The zero-order chi connectivity index (χ0) is 9.54. The van der Waals surface area contributed by atoms with Gasteiger partial charge in [0.2, 0.25) is 0 Å². The predicted octanol–water partition coefficient (Wildman–Crippen LogP) is 2.54. The van der Waals surface area contributed by atoms with E-state index in [0.29, 0.717) is 0 Å². The van der Waals surface area contributed by atoms with Gasteiger partial charge in [-0.25, -0.2) is 4.99 Å². The van der Waals surface area contributed by atoms with Crippen molar-refractivity contribution < 1.29 is 4.79 Å². The Bertz CT molecular complexity index is 521. The Balaban J connectivity index is 2.33. The lowest BCUT2D eigenvalue weighted by atomic mass is 10.00. The first-order valence-corrected chi connectivity index (χ1v) is 4.46. The fourth-order valence-corrected chi connectivity index (χ4v) is 1.89. The zero-order valence-electron chi connectivity index (χ0n) is 7.40. The summed E-state index contributed by atoms with van der Waals surface area (Å²) in [6, 6.07) is 5.61. The molecule has 2 heteroatoms. The van der Waals surface area contributed by atoms with Gasteiger partial charge in [0.05, 0.1) is 11.4 Å². The molecular weight excluding hydrogens is 174 g/mol. The van der Waals surface area contributed by atoms with Crippen LogP contribution < -0.4 is 0 Å². The number of fused-ring (bicyclic) bond motifs is 3. The molecule has 0 amide bonds. The lowest BCUT2D eigenvalue weighted by molar-refractivity contribution is 0.112. The third-order valence-corrected chi connectivity index (χ3v) is 2.50. The molecule has 1 aromatic carbocycles. The summed E-state index contributed by atoms with van der Waals surface area (Å²) in [5, 5.41) is 0. The fourth-order valence-electron chi connectivity index (χ4n) is 1.89. The quantitative estimate of drug-likeness (QED) is 0.612. The number of benzene rings is 1. The average molecular weight is 181 g/mol. The van der Waals surface area contributed by atoms with Crippen molar-refractivity contribution in [3.63, 3.8) is 0 Å². The van der Waals surface area contributed by atoms with Crippen LogP contribution in [0, 0.1) is 0 Å². The van der Waals surface area contributed by atoms with Crippen LogP contribution in [0.25, 0.3) is 5.57 Å². The van der Waals surface area contributed by atoms with E-state index in [1.165, 1.54) is 0 Å². The maximum Gasteiger partial charge on any atom is 0.150 e. The highest BCUT2D eigenvalue weighted by molar-refractivity contribution is 6.36. The van der Waals surface area contributed by atoms with Gasteiger partial charge in [-0.3, -0.25) is 4.79 Å². The molecule has 0 aromatic heterocycles. The van der Waals surface area contributed by atoms with E-state index in [1.807, 2.05) is 36.4 Å². The topological polar surface area (TPSA) is 29.4 Å². The molecule has 14 heavy (non-hydrogen) atoms. The van der Waals surface area contributed by atoms with Crippen LogP contribution in [0.15, 0.2) is 41.4 Å². The fraction of sp³-hybridized carbons (Fsp3) is 0. The molecule has 3 rings (SSSR count). The zero-order valence-corrected chi connectivity index (χ0v) is 7.40. The van der Waals surface area contributed by atoms with Crippen LogP contribution in [0.3, 0.4) is 0 Å². The van der Waals surface area contributed by atoms with Crippen LogP contribution in [0.4, 0.5) is 5.69 Å². The van der Waals surface area contributed by atoms with Gasteiger partial charge in [0.1, 0.15) is 0 Å². The van der Waals surface area contributed by atoms with Gasteiger partial charge < -0.3 is 0 Å². The second-order valence-electron chi connectivity index (χ2n) is 3.30. The first-order valence-electron chi connectivity index (χ1n) is 4.46. The number of carbonyl (C=O) groups is 1. The molecule has 0 N–H and O–H groups in total. The molecule has 2 nitrogen and oxygen atoms in total. The Morgan fingerprint density at radius 3 is 3.07 bits per heavy atom. The van der Waals surface area contributed by atoms with Gasteiger partial charge >= 0.3 is 0 Å². The van der Waals surface area contributed by atoms with E-state index in [0.717, 1.165) is 34.4 Å². The minimum Gasteiger partial charge on any atom is -0.298 e. The Labute approximate surface area is 81.3 Å². The Kier molecular flexibility index (Phi) is 1.34. The van der Waals surface area contributed by atoms with Crippen molar-refractivity contribution >= 4 is 23.3 Å². The summed E-state index contributed by atoms with van der Waals surface area (Å²) in [7, 11) is 0. The summed E-state index contributed by atoms with van der Waals surface area (Å²) in [4.78, 5) is 15.3. The van der Waals surface area contributed by atoms with Crippen molar-refractivity contribution in [2.75, 3.05) is 0 Å².